The average molecular weight is 327 g/mol. The van der Waals surface area contributed by atoms with Gasteiger partial charge in [0.1, 0.15) is 5.75 Å². The molecule has 0 aliphatic rings. The van der Waals surface area contributed by atoms with Crippen molar-refractivity contribution < 1.29 is 24.2 Å². The van der Waals surface area contributed by atoms with E-state index in [2.05, 4.69) is 5.32 Å². The highest BCUT2D eigenvalue weighted by Crippen LogP contribution is 2.25. The van der Waals surface area contributed by atoms with Gasteiger partial charge in [-0.15, -0.1) is 11.8 Å². The number of methoxy groups -OCH3 is 2. The largest absolute Gasteiger partial charge is 0.497 e. The molecular formula is C15H21NO5S. The van der Waals surface area contributed by atoms with Crippen LogP contribution in [0.4, 0.5) is 0 Å². The highest BCUT2D eigenvalue weighted by Gasteiger charge is 2.36. The van der Waals surface area contributed by atoms with Crippen LogP contribution in [-0.2, 0) is 14.3 Å². The fourth-order valence-electron chi connectivity index (χ4n) is 1.73. The summed E-state index contributed by atoms with van der Waals surface area (Å²) >= 11 is 1.34. The summed E-state index contributed by atoms with van der Waals surface area (Å²) in [5, 5.41) is 11.3. The van der Waals surface area contributed by atoms with Gasteiger partial charge in [-0.25, -0.2) is 4.79 Å². The van der Waals surface area contributed by atoms with E-state index in [1.807, 2.05) is 12.1 Å². The van der Waals surface area contributed by atoms with Crippen molar-refractivity contribution in [3.63, 3.8) is 0 Å². The van der Waals surface area contributed by atoms with Gasteiger partial charge in [0.05, 0.1) is 19.0 Å². The molecule has 2 unspecified atom stereocenters. The summed E-state index contributed by atoms with van der Waals surface area (Å²) in [6.45, 7) is 3.04. The highest BCUT2D eigenvalue weighted by molar-refractivity contribution is 8.00. The molecule has 7 heteroatoms. The number of nitrogens with one attached hydrogen (secondary N) is 1. The van der Waals surface area contributed by atoms with Crippen molar-refractivity contribution in [3.05, 3.63) is 24.3 Å². The number of amides is 1. The lowest BCUT2D eigenvalue weighted by atomic mass is 10.0. The molecule has 0 radical (unpaired) electrons. The van der Waals surface area contributed by atoms with E-state index in [0.717, 1.165) is 10.6 Å². The van der Waals surface area contributed by atoms with E-state index in [1.165, 1.54) is 25.8 Å². The van der Waals surface area contributed by atoms with Crippen molar-refractivity contribution in [2.75, 3.05) is 20.8 Å². The second kappa shape index (κ2) is 8.05. The van der Waals surface area contributed by atoms with Crippen LogP contribution < -0.4 is 10.1 Å². The Morgan fingerprint density at radius 3 is 2.36 bits per heavy atom. The van der Waals surface area contributed by atoms with Crippen LogP contribution in [0.1, 0.15) is 13.8 Å². The number of carbonyl (C=O) groups is 2. The van der Waals surface area contributed by atoms with Crippen LogP contribution in [0.15, 0.2) is 29.2 Å². The van der Waals surface area contributed by atoms with Crippen LogP contribution in [0.25, 0.3) is 0 Å². The molecular weight excluding hydrogens is 306 g/mol. The third kappa shape index (κ3) is 4.92. The minimum absolute atomic E-state index is 0.103. The van der Waals surface area contributed by atoms with E-state index in [-0.39, 0.29) is 12.5 Å². The Labute approximate surface area is 134 Å². The lowest BCUT2D eigenvalue weighted by Crippen LogP contribution is -2.56. The maximum Gasteiger partial charge on any atom is 0.331 e. The van der Waals surface area contributed by atoms with Crippen LogP contribution in [0.3, 0.4) is 0 Å². The molecule has 1 rings (SSSR count). The summed E-state index contributed by atoms with van der Waals surface area (Å²) in [4.78, 5) is 24.4. The van der Waals surface area contributed by atoms with Gasteiger partial charge in [-0.2, -0.15) is 0 Å². The Morgan fingerprint density at radius 2 is 1.91 bits per heavy atom. The standard InChI is InChI=1S/C15H21NO5S/c1-10(22-12-7-5-11(21-4)6-8-12)13(17)16-15(2,9-20-3)14(18)19/h5-8,10H,9H2,1-4H3,(H,16,17)(H,18,19). The first-order chi connectivity index (χ1) is 10.3. The van der Waals surface area contributed by atoms with Crippen LogP contribution in [-0.4, -0.2) is 48.6 Å². The van der Waals surface area contributed by atoms with Crippen molar-refractivity contribution in [3.8, 4) is 5.75 Å². The molecule has 0 spiro atoms. The van der Waals surface area contributed by atoms with Gasteiger partial charge < -0.3 is 19.9 Å². The number of hydrogen-bond acceptors (Lipinski definition) is 5. The summed E-state index contributed by atoms with van der Waals surface area (Å²) in [5.74, 6) is -0.757. The quantitative estimate of drug-likeness (QED) is 0.708. The van der Waals surface area contributed by atoms with Gasteiger partial charge >= 0.3 is 5.97 Å². The molecule has 1 aromatic rings. The summed E-state index contributed by atoms with van der Waals surface area (Å²) in [5.41, 5.74) is -1.44. The molecule has 1 amide bonds. The molecule has 0 aromatic heterocycles. The molecule has 0 bridgehead atoms. The molecule has 0 aliphatic heterocycles. The fraction of sp³-hybridized carbons (Fsp3) is 0.467. The average Bonchev–Trinajstić information content (AvgIpc) is 2.48. The van der Waals surface area contributed by atoms with Crippen LogP contribution >= 0.6 is 11.8 Å². The molecule has 1 aromatic carbocycles. The van der Waals surface area contributed by atoms with Crippen molar-refractivity contribution in [1.29, 1.82) is 0 Å². The zero-order valence-corrected chi connectivity index (χ0v) is 13.9. The zero-order valence-electron chi connectivity index (χ0n) is 13.1. The Bertz CT molecular complexity index is 519. The topological polar surface area (TPSA) is 84.9 Å². The first-order valence-electron chi connectivity index (χ1n) is 6.67. The van der Waals surface area contributed by atoms with Gasteiger partial charge in [-0.1, -0.05) is 0 Å². The third-order valence-electron chi connectivity index (χ3n) is 3.05. The second-order valence-corrected chi connectivity index (χ2v) is 6.41. The molecule has 0 saturated carbocycles. The maximum atomic E-state index is 12.2. The number of hydrogen-bond donors (Lipinski definition) is 2. The number of rotatable bonds is 8. The SMILES string of the molecule is COCC(C)(NC(=O)C(C)Sc1ccc(OC)cc1)C(=O)O. The van der Waals surface area contributed by atoms with Gasteiger partial charge in [0.2, 0.25) is 5.91 Å². The number of thioether (sulfide) groups is 1. The smallest absolute Gasteiger partial charge is 0.331 e. The van der Waals surface area contributed by atoms with Crippen molar-refractivity contribution >= 4 is 23.6 Å². The second-order valence-electron chi connectivity index (χ2n) is 5.00. The fourth-order valence-corrected chi connectivity index (χ4v) is 2.59. The van der Waals surface area contributed by atoms with E-state index in [0.29, 0.717) is 0 Å². The minimum atomic E-state index is -1.44. The summed E-state index contributed by atoms with van der Waals surface area (Å²) in [6.07, 6.45) is 0. The van der Waals surface area contributed by atoms with Crippen molar-refractivity contribution in [2.45, 2.75) is 29.5 Å². The number of carbonyl (C=O) groups excluding carboxylic acids is 1. The van der Waals surface area contributed by atoms with Gasteiger partial charge in [0, 0.05) is 12.0 Å². The zero-order chi connectivity index (χ0) is 16.8. The Hall–Kier alpha value is -1.73. The Balaban J connectivity index is 2.69. The summed E-state index contributed by atoms with van der Waals surface area (Å²) in [7, 11) is 2.98. The van der Waals surface area contributed by atoms with Crippen LogP contribution in [0.2, 0.25) is 0 Å². The van der Waals surface area contributed by atoms with Gasteiger partial charge in [-0.3, -0.25) is 4.79 Å². The first kappa shape index (κ1) is 18.3. The molecule has 0 heterocycles. The van der Waals surface area contributed by atoms with Crippen molar-refractivity contribution in [1.82, 2.24) is 5.32 Å². The monoisotopic (exact) mass is 327 g/mol. The Morgan fingerprint density at radius 1 is 1.32 bits per heavy atom. The molecule has 22 heavy (non-hydrogen) atoms. The van der Waals surface area contributed by atoms with Gasteiger partial charge in [-0.05, 0) is 38.1 Å². The lowest BCUT2D eigenvalue weighted by molar-refractivity contribution is -0.149. The predicted molar refractivity (Wildman–Crippen MR) is 84.4 cm³/mol. The van der Waals surface area contributed by atoms with E-state index >= 15 is 0 Å². The summed E-state index contributed by atoms with van der Waals surface area (Å²) in [6, 6.07) is 7.30. The number of ether oxygens (including phenoxy) is 2. The maximum absolute atomic E-state index is 12.2. The number of carboxylic acids is 1. The minimum Gasteiger partial charge on any atom is -0.497 e. The lowest BCUT2D eigenvalue weighted by Gasteiger charge is -2.26. The van der Waals surface area contributed by atoms with Crippen LogP contribution in [0.5, 0.6) is 5.75 Å². The predicted octanol–water partition coefficient (Wildman–Crippen LogP) is 1.78. The number of carboxylic acid groups (broad SMARTS) is 1. The molecule has 2 N–H and O–H groups in total. The van der Waals surface area contributed by atoms with Crippen molar-refractivity contribution in [2.24, 2.45) is 0 Å². The molecule has 2 atom stereocenters. The van der Waals surface area contributed by atoms with Gasteiger partial charge in [0.15, 0.2) is 5.54 Å². The number of benzene rings is 1. The van der Waals surface area contributed by atoms with E-state index in [4.69, 9.17) is 9.47 Å². The van der Waals surface area contributed by atoms with E-state index < -0.39 is 16.8 Å². The van der Waals surface area contributed by atoms with Gasteiger partial charge in [0.25, 0.3) is 0 Å². The number of aliphatic carboxylic acids is 1. The molecule has 122 valence electrons. The summed E-state index contributed by atoms with van der Waals surface area (Å²) < 4.78 is 9.95. The molecule has 0 fully saturated rings. The van der Waals surface area contributed by atoms with Crippen LogP contribution in [0, 0.1) is 0 Å². The first-order valence-corrected chi connectivity index (χ1v) is 7.55. The molecule has 6 nitrogen and oxygen atoms in total. The molecule has 0 aliphatic carbocycles. The highest BCUT2D eigenvalue weighted by atomic mass is 32.2. The third-order valence-corrected chi connectivity index (χ3v) is 4.16. The molecule has 0 saturated heterocycles. The Kier molecular flexibility index (Phi) is 6.70. The van der Waals surface area contributed by atoms with E-state index in [1.54, 1.807) is 26.2 Å². The van der Waals surface area contributed by atoms with E-state index in [9.17, 15) is 14.7 Å². The normalized spacial score (nSPS) is 14.7.